The van der Waals surface area contributed by atoms with Crippen molar-refractivity contribution in [2.75, 3.05) is 0 Å². The van der Waals surface area contributed by atoms with Crippen molar-refractivity contribution in [3.63, 3.8) is 0 Å². The van der Waals surface area contributed by atoms with E-state index in [1.807, 2.05) is 19.1 Å². The van der Waals surface area contributed by atoms with Crippen LogP contribution in [0, 0.1) is 52.3 Å². The van der Waals surface area contributed by atoms with Gasteiger partial charge in [0.25, 0.3) is 0 Å². The van der Waals surface area contributed by atoms with E-state index in [1.165, 1.54) is 5.57 Å². The van der Waals surface area contributed by atoms with Crippen LogP contribution < -0.4 is 0 Å². The average Bonchev–Trinajstić information content (AvgIpc) is 3.77. The molecule has 8 aliphatic carbocycles. The lowest BCUT2D eigenvalue weighted by atomic mass is 9.43. The van der Waals surface area contributed by atoms with Crippen LogP contribution in [0.3, 0.4) is 0 Å². The van der Waals surface area contributed by atoms with Crippen molar-refractivity contribution >= 4 is 98.0 Å². The van der Waals surface area contributed by atoms with E-state index in [2.05, 4.69) is 126 Å². The third-order valence-electron chi connectivity index (χ3n) is 20.1. The van der Waals surface area contributed by atoms with E-state index in [0.29, 0.717) is 49.4 Å². The molecule has 13 heteroatoms. The predicted octanol–water partition coefficient (Wildman–Crippen LogP) is 12.1. The number of esters is 2. The highest BCUT2D eigenvalue weighted by Gasteiger charge is 2.84. The smallest absolute Gasteiger partial charge is 0.306 e. The first-order valence-electron chi connectivity index (χ1n) is 22.9. The maximum atomic E-state index is 12.4. The van der Waals surface area contributed by atoms with Crippen LogP contribution in [-0.2, 0) is 38.1 Å². The molecule has 0 radical (unpaired) electrons. The van der Waals surface area contributed by atoms with Crippen molar-refractivity contribution in [1.82, 2.24) is 0 Å². The Morgan fingerprint density at radius 2 is 1.21 bits per heavy atom. The fraction of sp³-hybridized carbons (Fsp3) is 0.714. The van der Waals surface area contributed by atoms with Gasteiger partial charge in [-0.05, 0) is 119 Å². The maximum Gasteiger partial charge on any atom is 0.306 e. The molecule has 0 N–H and O–H groups in total. The summed E-state index contributed by atoms with van der Waals surface area (Å²) in [5.41, 5.74) is 1.19. The van der Waals surface area contributed by atoms with Crippen LogP contribution in [0.15, 0.2) is 52.0 Å². The van der Waals surface area contributed by atoms with Gasteiger partial charge < -0.3 is 23.4 Å². The predicted molar refractivity (Wildman–Crippen MR) is 266 cm³/mol. The zero-order valence-corrected chi connectivity index (χ0v) is 44.9. The number of carbonyl (C=O) groups excluding carboxylic acids is 4. The highest BCUT2D eigenvalue weighted by molar-refractivity contribution is 15.0. The number of aryl methyl sites for hydroxylation is 1. The molecule has 15 atom stereocenters. The Labute approximate surface area is 412 Å². The van der Waals surface area contributed by atoms with Gasteiger partial charge in [-0.25, -0.2) is 0 Å². The molecule has 4 spiro atoms. The Kier molecular flexibility index (Phi) is 11.2. The summed E-state index contributed by atoms with van der Waals surface area (Å²) < 4.78 is 31.8. The molecular formula is C49H58I4O9. The number of rotatable bonds is 1. The molecule has 13 rings (SSSR count). The van der Waals surface area contributed by atoms with Gasteiger partial charge in [-0.1, -0.05) is 45.4 Å². The van der Waals surface area contributed by atoms with Crippen LogP contribution in [0.4, 0.5) is 0 Å². The van der Waals surface area contributed by atoms with E-state index in [4.69, 9.17) is 23.4 Å². The average molecular weight is 1300 g/mol. The lowest BCUT2D eigenvalue weighted by molar-refractivity contribution is -0.165. The molecule has 5 saturated carbocycles. The van der Waals surface area contributed by atoms with Gasteiger partial charge in [-0.15, -0.1) is 0 Å². The summed E-state index contributed by atoms with van der Waals surface area (Å²) in [6.07, 6.45) is 21.4. The van der Waals surface area contributed by atoms with Crippen LogP contribution in [0.2, 0.25) is 0 Å². The second-order valence-electron chi connectivity index (χ2n) is 21.8. The van der Waals surface area contributed by atoms with Crippen LogP contribution in [-0.4, -0.2) is 58.1 Å². The van der Waals surface area contributed by atoms with Crippen LogP contribution >= 0.6 is 74.5 Å². The summed E-state index contributed by atoms with van der Waals surface area (Å²) in [6, 6.07) is 4.18. The minimum absolute atomic E-state index is 0.000890. The van der Waals surface area contributed by atoms with Gasteiger partial charge in [-0.2, -0.15) is 0 Å². The normalized spacial score (nSPS) is 50.1. The van der Waals surface area contributed by atoms with Crippen LogP contribution in [0.25, 0.3) is 0 Å². The number of hydrogen-bond donors (Lipinski definition) is 0. The summed E-state index contributed by atoms with van der Waals surface area (Å²) in [6.45, 7) is 11.4. The van der Waals surface area contributed by atoms with E-state index in [0.717, 1.165) is 87.7 Å². The van der Waals surface area contributed by atoms with Gasteiger partial charge in [0.05, 0.1) is 12.2 Å². The fourth-order valence-corrected chi connectivity index (χ4v) is 17.0. The molecule has 0 unspecified atom stereocenters. The van der Waals surface area contributed by atoms with E-state index in [9.17, 15) is 19.2 Å². The summed E-state index contributed by atoms with van der Waals surface area (Å²) in [4.78, 5) is 48.6. The summed E-state index contributed by atoms with van der Waals surface area (Å²) in [7, 11) is 0. The summed E-state index contributed by atoms with van der Waals surface area (Å²) >= 11 is 8.48. The summed E-state index contributed by atoms with van der Waals surface area (Å²) in [5.74, 6) is 4.14. The highest BCUT2D eigenvalue weighted by Crippen LogP contribution is 2.80. The van der Waals surface area contributed by atoms with Crippen LogP contribution in [0.1, 0.15) is 141 Å². The standard InChI is InChI=1S/C27H32O5.C22H26O4.2I2/c1-15-4-5-20(30-15)18-13-16-12-17(28)6-9-24(16,2)27-21(31-27)14-25(3)19(23(18)27)7-10-26(25)11-8-22(29)32-26;1-19-8-5-14(23)11-13(19)3-4-16-15-6-9-21(10-7-18(24)26-21)20(15,2)12-17-22(16,19)25-17;2*1-2/h4-5,12,18-19,21,23H,6-11,13-14H2,1-3H3;3-4,11,15-17H,5-10,12H2,1-2H3;;/t18-,19-,21+,23-,24-,25-,26+,27+;15-,16-,17+,19-,20-,21+,22-;;/m00../s1. The number of furan rings is 1. The Hall–Kier alpha value is -0.380. The Bertz CT molecular complexity index is 2220. The number of ketones is 2. The second-order valence-corrected chi connectivity index (χ2v) is 21.8. The molecule has 4 saturated heterocycles. The number of ether oxygens (including phenoxy) is 4. The number of halogens is 4. The largest absolute Gasteiger partial charge is 0.466 e. The van der Waals surface area contributed by atoms with Crippen molar-refractivity contribution in [3.8, 4) is 0 Å². The van der Waals surface area contributed by atoms with Crippen molar-refractivity contribution in [1.29, 1.82) is 0 Å². The van der Waals surface area contributed by atoms with E-state index < -0.39 is 0 Å². The quantitative estimate of drug-likeness (QED) is 0.154. The third-order valence-corrected chi connectivity index (χ3v) is 20.1. The monoisotopic (exact) mass is 1300 g/mol. The molecule has 9 fully saturated rings. The molecule has 336 valence electrons. The third kappa shape index (κ3) is 5.82. The lowest BCUT2D eigenvalue weighted by Gasteiger charge is -2.58. The van der Waals surface area contributed by atoms with Gasteiger partial charge in [0.2, 0.25) is 0 Å². The molecule has 9 nitrogen and oxygen atoms in total. The molecule has 12 aliphatic rings. The number of epoxide rings is 2. The van der Waals surface area contributed by atoms with E-state index >= 15 is 0 Å². The SMILES string of the molecule is C[C@]12CCC(=O)C=C1C=C[C@H]1[C@@H]3CC[C@@]4(CCC(=O)O4)[C@@]3(C)C[C@H]3O[C@]312.Cc1ccc([C@@H]2CC3=CC(=O)CC[C@]3(C)[C@@]34O[C@@H]3C[C@@]3(C)[C@@H](CC[C@@]35CCC(=O)O5)[C@H]24)o1.II.II. The van der Waals surface area contributed by atoms with Crippen molar-refractivity contribution in [2.24, 2.45) is 45.3 Å². The first-order chi connectivity index (χ1) is 29.6. The first kappa shape index (κ1) is 45.4. The first-order valence-corrected chi connectivity index (χ1v) is 35.5. The van der Waals surface area contributed by atoms with Gasteiger partial charge in [0.1, 0.15) is 33.9 Å². The van der Waals surface area contributed by atoms with E-state index in [-0.39, 0.29) is 85.7 Å². The molecule has 1 aromatic heterocycles. The number of fused-ring (bicyclic) bond motifs is 8. The lowest BCUT2D eigenvalue weighted by Crippen LogP contribution is -2.61. The Morgan fingerprint density at radius 3 is 1.81 bits per heavy atom. The second kappa shape index (κ2) is 15.3. The van der Waals surface area contributed by atoms with E-state index in [1.54, 1.807) is 0 Å². The van der Waals surface area contributed by atoms with Gasteiger partial charge in [0, 0.05) is 140 Å². The zero-order chi connectivity index (χ0) is 44.0. The molecule has 1 aromatic rings. The zero-order valence-electron chi connectivity index (χ0n) is 36.3. The Morgan fingerprint density at radius 1 is 0.645 bits per heavy atom. The number of allylic oxidation sites excluding steroid dienone is 2. The molecule has 0 bridgehead atoms. The minimum Gasteiger partial charge on any atom is -0.466 e. The summed E-state index contributed by atoms with van der Waals surface area (Å²) in [5, 5.41) is 0. The molecule has 4 aliphatic heterocycles. The topological polar surface area (TPSA) is 125 Å². The van der Waals surface area contributed by atoms with Crippen molar-refractivity contribution in [2.45, 2.75) is 171 Å². The molecule has 0 amide bonds. The molecule has 0 aromatic carbocycles. The molecular weight excluding hydrogens is 1240 g/mol. The minimum atomic E-state index is -0.337. The molecule has 5 heterocycles. The number of hydrogen-bond acceptors (Lipinski definition) is 9. The van der Waals surface area contributed by atoms with Gasteiger partial charge >= 0.3 is 11.9 Å². The Balaban J connectivity index is 0.000000139. The number of carbonyl (C=O) groups is 4. The maximum absolute atomic E-state index is 12.4. The van der Waals surface area contributed by atoms with Gasteiger partial charge in [-0.3, -0.25) is 19.2 Å². The molecule has 62 heavy (non-hydrogen) atoms. The highest BCUT2D eigenvalue weighted by atomic mass is 128. The van der Waals surface area contributed by atoms with Crippen LogP contribution in [0.5, 0.6) is 0 Å². The fourth-order valence-electron chi connectivity index (χ4n) is 17.0. The van der Waals surface area contributed by atoms with Gasteiger partial charge in [0.15, 0.2) is 11.6 Å². The van der Waals surface area contributed by atoms with Crippen molar-refractivity contribution in [3.05, 3.63) is 59.1 Å². The van der Waals surface area contributed by atoms with Crippen molar-refractivity contribution < 1.29 is 42.5 Å².